The molecule has 0 amide bonds. The van der Waals surface area contributed by atoms with E-state index in [0.717, 1.165) is 71.0 Å². The summed E-state index contributed by atoms with van der Waals surface area (Å²) in [4.78, 5) is 2.19. The molecule has 0 atom stereocenters. The number of rotatable bonds is 9. The van der Waals surface area contributed by atoms with Gasteiger partial charge in [-0.05, 0) is 63.1 Å². The average molecular weight is 689 g/mol. The van der Waals surface area contributed by atoms with Crippen molar-refractivity contribution in [3.8, 4) is 67.1 Å². The standard InChI is InChI=1S/C49H36O2S/c50-48-40(34-17-3-1-4-18-34)27-15-29-44(48)39-24-10-8-22-37(39)33-36-21-7-9-23-38(36)42-25-11-13-31-46(42)52-47-32-14-12-26-43(47)45-30-16-28-41(49(45)51)35-19-5-2-6-20-35/h1-32,50-51H,33H2. The van der Waals surface area contributed by atoms with Crippen molar-refractivity contribution in [3.63, 3.8) is 0 Å². The maximum atomic E-state index is 11.6. The van der Waals surface area contributed by atoms with E-state index in [2.05, 4.69) is 84.9 Å². The van der Waals surface area contributed by atoms with Crippen LogP contribution < -0.4 is 0 Å². The molecule has 3 heteroatoms. The first-order chi connectivity index (χ1) is 25.7. The quantitative estimate of drug-likeness (QED) is 0.159. The Morgan fingerprint density at radius 1 is 0.288 bits per heavy atom. The summed E-state index contributed by atoms with van der Waals surface area (Å²) in [6, 6.07) is 65.8. The van der Waals surface area contributed by atoms with E-state index in [4.69, 9.17) is 0 Å². The van der Waals surface area contributed by atoms with Crippen molar-refractivity contribution in [1.29, 1.82) is 0 Å². The minimum Gasteiger partial charge on any atom is -0.507 e. The molecule has 0 unspecified atom stereocenters. The molecule has 2 nitrogen and oxygen atoms in total. The first-order valence-electron chi connectivity index (χ1n) is 17.4. The molecule has 0 bridgehead atoms. The summed E-state index contributed by atoms with van der Waals surface area (Å²) in [5, 5.41) is 23.1. The Hall–Kier alpha value is -6.29. The molecule has 2 N–H and O–H groups in total. The highest BCUT2D eigenvalue weighted by Crippen LogP contribution is 2.46. The van der Waals surface area contributed by atoms with Gasteiger partial charge in [-0.2, -0.15) is 0 Å². The van der Waals surface area contributed by atoms with Crippen LogP contribution in [0.5, 0.6) is 11.5 Å². The van der Waals surface area contributed by atoms with Crippen LogP contribution in [0.15, 0.2) is 204 Å². The number of aromatic hydroxyl groups is 2. The van der Waals surface area contributed by atoms with E-state index in [-0.39, 0.29) is 11.5 Å². The molecule has 250 valence electrons. The number of hydrogen-bond donors (Lipinski definition) is 2. The number of phenols is 2. The van der Waals surface area contributed by atoms with Gasteiger partial charge in [-0.15, -0.1) is 0 Å². The topological polar surface area (TPSA) is 40.5 Å². The van der Waals surface area contributed by atoms with Crippen LogP contribution >= 0.6 is 11.8 Å². The monoisotopic (exact) mass is 688 g/mol. The maximum absolute atomic E-state index is 11.6. The van der Waals surface area contributed by atoms with Crippen molar-refractivity contribution in [3.05, 3.63) is 205 Å². The zero-order chi connectivity index (χ0) is 35.3. The summed E-state index contributed by atoms with van der Waals surface area (Å²) < 4.78 is 0. The van der Waals surface area contributed by atoms with Crippen LogP contribution in [0.2, 0.25) is 0 Å². The molecular weight excluding hydrogens is 653 g/mol. The second kappa shape index (κ2) is 14.9. The number of benzene rings is 8. The summed E-state index contributed by atoms with van der Waals surface area (Å²) in [5.41, 5.74) is 11.9. The molecule has 8 aromatic rings. The van der Waals surface area contributed by atoms with E-state index in [0.29, 0.717) is 6.42 Å². The van der Waals surface area contributed by atoms with Crippen molar-refractivity contribution >= 4 is 11.8 Å². The molecule has 0 aromatic heterocycles. The predicted molar refractivity (Wildman–Crippen MR) is 217 cm³/mol. The Bertz CT molecular complexity index is 2310. The fourth-order valence-corrected chi connectivity index (χ4v) is 8.08. The average Bonchev–Trinajstić information content (AvgIpc) is 3.20. The van der Waals surface area contributed by atoms with Crippen LogP contribution in [0.4, 0.5) is 0 Å². The predicted octanol–water partition coefficient (Wildman–Crippen LogP) is 13.2. The smallest absolute Gasteiger partial charge is 0.131 e. The molecule has 0 aliphatic rings. The Morgan fingerprint density at radius 3 is 1.12 bits per heavy atom. The molecule has 8 aromatic carbocycles. The second-order valence-electron chi connectivity index (χ2n) is 12.7. The summed E-state index contributed by atoms with van der Waals surface area (Å²) in [7, 11) is 0. The molecular formula is C49H36O2S. The van der Waals surface area contributed by atoms with Crippen LogP contribution in [0.25, 0.3) is 55.6 Å². The van der Waals surface area contributed by atoms with Gasteiger partial charge in [-0.25, -0.2) is 0 Å². The highest BCUT2D eigenvalue weighted by molar-refractivity contribution is 7.99. The first-order valence-corrected chi connectivity index (χ1v) is 18.2. The lowest BCUT2D eigenvalue weighted by atomic mass is 9.89. The van der Waals surface area contributed by atoms with Crippen LogP contribution in [-0.4, -0.2) is 10.2 Å². The van der Waals surface area contributed by atoms with Gasteiger partial charge in [-0.3, -0.25) is 0 Å². The second-order valence-corrected chi connectivity index (χ2v) is 13.8. The molecule has 0 heterocycles. The van der Waals surface area contributed by atoms with E-state index in [9.17, 15) is 10.2 Å². The van der Waals surface area contributed by atoms with Crippen LogP contribution in [-0.2, 0) is 6.42 Å². The van der Waals surface area contributed by atoms with Crippen molar-refractivity contribution in [2.75, 3.05) is 0 Å². The van der Waals surface area contributed by atoms with Gasteiger partial charge in [0.05, 0.1) is 0 Å². The van der Waals surface area contributed by atoms with E-state index in [1.54, 1.807) is 11.8 Å². The molecule has 0 spiro atoms. The Morgan fingerprint density at radius 2 is 0.615 bits per heavy atom. The number of hydrogen-bond acceptors (Lipinski definition) is 3. The number of phenolic OH excluding ortho intramolecular Hbond substituents is 2. The van der Waals surface area contributed by atoms with Gasteiger partial charge < -0.3 is 10.2 Å². The lowest BCUT2D eigenvalue weighted by Crippen LogP contribution is -1.96. The SMILES string of the molecule is Oc1c(-c2ccccc2)cccc1-c1ccccc1Cc1ccccc1-c1ccccc1Sc1ccccc1-c1cccc(-c2ccccc2)c1O. The molecule has 0 aliphatic heterocycles. The Kier molecular flexibility index (Phi) is 9.43. The van der Waals surface area contributed by atoms with Gasteiger partial charge >= 0.3 is 0 Å². The summed E-state index contributed by atoms with van der Waals surface area (Å²) in [5.74, 6) is 0.564. The molecule has 0 saturated heterocycles. The van der Waals surface area contributed by atoms with Gasteiger partial charge in [-0.1, -0.05) is 194 Å². The summed E-state index contributed by atoms with van der Waals surface area (Å²) >= 11 is 1.71. The third-order valence-electron chi connectivity index (χ3n) is 9.52. The van der Waals surface area contributed by atoms with Gasteiger partial charge in [0.15, 0.2) is 0 Å². The molecule has 8 rings (SSSR count). The fourth-order valence-electron chi connectivity index (χ4n) is 6.98. The van der Waals surface area contributed by atoms with Crippen molar-refractivity contribution in [1.82, 2.24) is 0 Å². The van der Waals surface area contributed by atoms with Crippen LogP contribution in [0.1, 0.15) is 11.1 Å². The molecule has 0 saturated carbocycles. The Labute approximate surface area is 309 Å². The van der Waals surface area contributed by atoms with E-state index in [1.165, 1.54) is 5.56 Å². The number of para-hydroxylation sites is 2. The van der Waals surface area contributed by atoms with Crippen molar-refractivity contribution in [2.24, 2.45) is 0 Å². The van der Waals surface area contributed by atoms with Gasteiger partial charge in [0, 0.05) is 32.0 Å². The first kappa shape index (κ1) is 32.9. The van der Waals surface area contributed by atoms with Gasteiger partial charge in [0.1, 0.15) is 11.5 Å². The molecule has 52 heavy (non-hydrogen) atoms. The zero-order valence-corrected chi connectivity index (χ0v) is 29.3. The van der Waals surface area contributed by atoms with Crippen LogP contribution in [0.3, 0.4) is 0 Å². The van der Waals surface area contributed by atoms with Gasteiger partial charge in [0.2, 0.25) is 0 Å². The highest BCUT2D eigenvalue weighted by atomic mass is 32.2. The summed E-state index contributed by atoms with van der Waals surface area (Å²) in [6.07, 6.45) is 0.692. The van der Waals surface area contributed by atoms with E-state index < -0.39 is 0 Å². The van der Waals surface area contributed by atoms with Crippen molar-refractivity contribution < 1.29 is 10.2 Å². The van der Waals surface area contributed by atoms with E-state index >= 15 is 0 Å². The van der Waals surface area contributed by atoms with Crippen LogP contribution in [0, 0.1) is 0 Å². The normalized spacial score (nSPS) is 11.0. The highest BCUT2D eigenvalue weighted by Gasteiger charge is 2.18. The molecule has 0 aliphatic carbocycles. The minimum absolute atomic E-state index is 0.277. The zero-order valence-electron chi connectivity index (χ0n) is 28.5. The van der Waals surface area contributed by atoms with Crippen molar-refractivity contribution in [2.45, 2.75) is 16.2 Å². The third kappa shape index (κ3) is 6.62. The summed E-state index contributed by atoms with van der Waals surface area (Å²) in [6.45, 7) is 0. The largest absolute Gasteiger partial charge is 0.507 e. The maximum Gasteiger partial charge on any atom is 0.131 e. The minimum atomic E-state index is 0.277. The lowest BCUT2D eigenvalue weighted by Gasteiger charge is -2.18. The Balaban J connectivity index is 1.15. The third-order valence-corrected chi connectivity index (χ3v) is 10.7. The molecule has 0 radical (unpaired) electrons. The lowest BCUT2D eigenvalue weighted by molar-refractivity contribution is 0.478. The van der Waals surface area contributed by atoms with Gasteiger partial charge in [0.25, 0.3) is 0 Å². The molecule has 0 fully saturated rings. The fraction of sp³-hybridized carbons (Fsp3) is 0.0204. The van der Waals surface area contributed by atoms with E-state index in [1.807, 2.05) is 109 Å².